The second kappa shape index (κ2) is 8.13. The van der Waals surface area contributed by atoms with Gasteiger partial charge in [0.2, 0.25) is 0 Å². The fourth-order valence-corrected chi connectivity index (χ4v) is 2.71. The maximum absolute atomic E-state index is 4.51. The highest BCUT2D eigenvalue weighted by Gasteiger charge is 2.06. The van der Waals surface area contributed by atoms with Gasteiger partial charge in [-0.2, -0.15) is 5.10 Å². The minimum atomic E-state index is 0.895. The number of aromatic nitrogens is 3. The van der Waals surface area contributed by atoms with Crippen LogP contribution < -0.4 is 5.32 Å². The monoisotopic (exact) mass is 288 g/mol. The number of aryl methyl sites for hydroxylation is 2. The van der Waals surface area contributed by atoms with Crippen molar-refractivity contribution in [2.75, 3.05) is 6.54 Å². The van der Waals surface area contributed by atoms with Gasteiger partial charge in [0.25, 0.3) is 0 Å². The Morgan fingerprint density at radius 3 is 2.71 bits per heavy atom. The molecule has 0 fully saturated rings. The number of hydrogen-bond acceptors (Lipinski definition) is 3. The largest absolute Gasteiger partial charge is 0.313 e. The summed E-state index contributed by atoms with van der Waals surface area (Å²) in [7, 11) is 1.94. The molecular weight excluding hydrogens is 260 g/mol. The average molecular weight is 288 g/mol. The fraction of sp³-hybridized carbons (Fsp3) is 0.647. The molecule has 21 heavy (non-hydrogen) atoms. The van der Waals surface area contributed by atoms with Gasteiger partial charge < -0.3 is 5.32 Å². The van der Waals surface area contributed by atoms with Crippen LogP contribution in [0.3, 0.4) is 0 Å². The number of pyridine rings is 1. The molecule has 0 bridgehead atoms. The third kappa shape index (κ3) is 4.53. The van der Waals surface area contributed by atoms with E-state index in [1.807, 2.05) is 24.9 Å². The van der Waals surface area contributed by atoms with Crippen LogP contribution in [0.25, 0.3) is 11.0 Å². The Kier molecular flexibility index (Phi) is 6.18. The van der Waals surface area contributed by atoms with E-state index in [1.165, 1.54) is 44.1 Å². The second-order valence-electron chi connectivity index (χ2n) is 5.87. The highest BCUT2D eigenvalue weighted by molar-refractivity contribution is 5.78. The highest BCUT2D eigenvalue weighted by Crippen LogP contribution is 2.16. The van der Waals surface area contributed by atoms with Gasteiger partial charge in [-0.1, -0.05) is 39.0 Å². The SMILES string of the molecule is CCCCCCCCNCc1cnc2c(c1)c(C)nn2C. The molecule has 4 nitrogen and oxygen atoms in total. The predicted molar refractivity (Wildman–Crippen MR) is 88.3 cm³/mol. The first-order chi connectivity index (χ1) is 10.2. The highest BCUT2D eigenvalue weighted by atomic mass is 15.3. The lowest BCUT2D eigenvalue weighted by Gasteiger charge is -2.05. The van der Waals surface area contributed by atoms with E-state index in [2.05, 4.69) is 28.4 Å². The first-order valence-electron chi connectivity index (χ1n) is 8.21. The van der Waals surface area contributed by atoms with E-state index < -0.39 is 0 Å². The summed E-state index contributed by atoms with van der Waals surface area (Å²) in [4.78, 5) is 4.51. The Hall–Kier alpha value is -1.42. The van der Waals surface area contributed by atoms with Crippen LogP contribution in [0.2, 0.25) is 0 Å². The Balaban J connectivity index is 1.73. The summed E-state index contributed by atoms with van der Waals surface area (Å²) in [6.45, 7) is 6.29. The Morgan fingerprint density at radius 1 is 1.14 bits per heavy atom. The summed E-state index contributed by atoms with van der Waals surface area (Å²) in [5.74, 6) is 0. The van der Waals surface area contributed by atoms with Crippen molar-refractivity contribution >= 4 is 11.0 Å². The molecule has 0 saturated heterocycles. The Labute approximate surface area is 128 Å². The molecule has 2 aromatic heterocycles. The minimum Gasteiger partial charge on any atom is -0.313 e. The van der Waals surface area contributed by atoms with E-state index in [0.717, 1.165) is 29.8 Å². The van der Waals surface area contributed by atoms with Crippen molar-refractivity contribution in [2.45, 2.75) is 58.9 Å². The summed E-state index contributed by atoms with van der Waals surface area (Å²) in [6, 6.07) is 2.21. The predicted octanol–water partition coefficient (Wildman–Crippen LogP) is 3.73. The van der Waals surface area contributed by atoms with Gasteiger partial charge in [0.1, 0.15) is 0 Å². The zero-order valence-electron chi connectivity index (χ0n) is 13.7. The van der Waals surface area contributed by atoms with Gasteiger partial charge in [-0.3, -0.25) is 4.68 Å². The minimum absolute atomic E-state index is 0.895. The summed E-state index contributed by atoms with van der Waals surface area (Å²) in [5.41, 5.74) is 3.26. The fourth-order valence-electron chi connectivity index (χ4n) is 2.71. The van der Waals surface area contributed by atoms with E-state index in [-0.39, 0.29) is 0 Å². The van der Waals surface area contributed by atoms with Gasteiger partial charge in [-0.05, 0) is 31.5 Å². The average Bonchev–Trinajstić information content (AvgIpc) is 2.76. The van der Waals surface area contributed by atoms with E-state index in [0.29, 0.717) is 0 Å². The molecule has 0 unspecified atom stereocenters. The molecule has 4 heteroatoms. The summed E-state index contributed by atoms with van der Waals surface area (Å²) in [5, 5.41) is 9.09. The van der Waals surface area contributed by atoms with Gasteiger partial charge in [-0.25, -0.2) is 4.98 Å². The first kappa shape index (κ1) is 16.0. The Bertz CT molecular complexity index is 559. The second-order valence-corrected chi connectivity index (χ2v) is 5.87. The molecule has 0 aliphatic rings. The van der Waals surface area contributed by atoms with Crippen LogP contribution in [0.4, 0.5) is 0 Å². The normalized spacial score (nSPS) is 11.4. The number of hydrogen-bond donors (Lipinski definition) is 1. The van der Waals surface area contributed by atoms with Crippen LogP contribution in [0, 0.1) is 6.92 Å². The van der Waals surface area contributed by atoms with E-state index in [4.69, 9.17) is 0 Å². The lowest BCUT2D eigenvalue weighted by molar-refractivity contribution is 0.572. The van der Waals surface area contributed by atoms with Gasteiger partial charge >= 0.3 is 0 Å². The standard InChI is InChI=1S/C17H28N4/c1-4-5-6-7-8-9-10-18-12-15-11-16-14(2)20-21(3)17(16)19-13-15/h11,13,18H,4-10,12H2,1-3H3. The van der Waals surface area contributed by atoms with E-state index in [9.17, 15) is 0 Å². The number of nitrogens with zero attached hydrogens (tertiary/aromatic N) is 3. The molecule has 0 aromatic carbocycles. The molecule has 0 saturated carbocycles. The third-order valence-corrected chi connectivity index (χ3v) is 3.96. The van der Waals surface area contributed by atoms with Gasteiger partial charge in [-0.15, -0.1) is 0 Å². The molecule has 0 aliphatic carbocycles. The zero-order chi connectivity index (χ0) is 15.1. The molecule has 2 heterocycles. The van der Waals surface area contributed by atoms with Crippen LogP contribution in [-0.2, 0) is 13.6 Å². The van der Waals surface area contributed by atoms with Crippen molar-refractivity contribution in [1.82, 2.24) is 20.1 Å². The van der Waals surface area contributed by atoms with Crippen molar-refractivity contribution in [3.05, 3.63) is 23.5 Å². The third-order valence-electron chi connectivity index (χ3n) is 3.96. The first-order valence-corrected chi connectivity index (χ1v) is 8.21. The number of nitrogens with one attached hydrogen (secondary N) is 1. The van der Waals surface area contributed by atoms with Crippen LogP contribution >= 0.6 is 0 Å². The van der Waals surface area contributed by atoms with Crippen molar-refractivity contribution in [2.24, 2.45) is 7.05 Å². The quantitative estimate of drug-likeness (QED) is 0.715. The topological polar surface area (TPSA) is 42.7 Å². The number of rotatable bonds is 9. The molecule has 0 atom stereocenters. The smallest absolute Gasteiger partial charge is 0.157 e. The molecule has 0 aliphatic heterocycles. The van der Waals surface area contributed by atoms with Crippen molar-refractivity contribution in [1.29, 1.82) is 0 Å². The molecule has 1 N–H and O–H groups in total. The van der Waals surface area contributed by atoms with E-state index >= 15 is 0 Å². The van der Waals surface area contributed by atoms with Gasteiger partial charge in [0.05, 0.1) is 5.69 Å². The van der Waals surface area contributed by atoms with Gasteiger partial charge in [0.15, 0.2) is 5.65 Å². The molecule has 0 spiro atoms. The molecule has 0 radical (unpaired) electrons. The maximum Gasteiger partial charge on any atom is 0.157 e. The number of fused-ring (bicyclic) bond motifs is 1. The summed E-state index contributed by atoms with van der Waals surface area (Å²) < 4.78 is 1.85. The van der Waals surface area contributed by atoms with Crippen LogP contribution in [0.15, 0.2) is 12.3 Å². The molecule has 0 amide bonds. The van der Waals surface area contributed by atoms with Gasteiger partial charge in [0, 0.05) is 25.2 Å². The van der Waals surface area contributed by atoms with Crippen LogP contribution in [0.5, 0.6) is 0 Å². The summed E-state index contributed by atoms with van der Waals surface area (Å²) in [6.07, 6.45) is 10.0. The van der Waals surface area contributed by atoms with E-state index in [1.54, 1.807) is 0 Å². The lowest BCUT2D eigenvalue weighted by atomic mass is 10.1. The molecular formula is C17H28N4. The lowest BCUT2D eigenvalue weighted by Crippen LogP contribution is -2.14. The van der Waals surface area contributed by atoms with Crippen molar-refractivity contribution in [3.8, 4) is 0 Å². The number of unbranched alkanes of at least 4 members (excludes halogenated alkanes) is 5. The Morgan fingerprint density at radius 2 is 1.90 bits per heavy atom. The maximum atomic E-state index is 4.51. The van der Waals surface area contributed by atoms with Crippen LogP contribution in [0.1, 0.15) is 56.7 Å². The van der Waals surface area contributed by atoms with Crippen molar-refractivity contribution in [3.63, 3.8) is 0 Å². The van der Waals surface area contributed by atoms with Crippen LogP contribution in [-0.4, -0.2) is 21.3 Å². The molecule has 116 valence electrons. The molecule has 2 rings (SSSR count). The zero-order valence-corrected chi connectivity index (χ0v) is 13.7. The van der Waals surface area contributed by atoms with Crippen molar-refractivity contribution < 1.29 is 0 Å². The summed E-state index contributed by atoms with van der Waals surface area (Å²) >= 11 is 0. The molecule has 2 aromatic rings.